The fourth-order valence-corrected chi connectivity index (χ4v) is 3.37. The number of hydrogen-bond donors (Lipinski definition) is 2. The van der Waals surface area contributed by atoms with Crippen LogP contribution in [0.15, 0.2) is 65.1 Å². The van der Waals surface area contributed by atoms with E-state index in [0.717, 1.165) is 16.3 Å². The van der Waals surface area contributed by atoms with E-state index in [9.17, 15) is 9.59 Å². The van der Waals surface area contributed by atoms with E-state index in [1.165, 1.54) is 0 Å². The van der Waals surface area contributed by atoms with Gasteiger partial charge in [-0.25, -0.2) is 0 Å². The van der Waals surface area contributed by atoms with Crippen molar-refractivity contribution < 1.29 is 14.3 Å². The standard InChI is InChI=1S/C20H16BrClN2O3/c21-17-11-15(22)8-9-18(17)27-12-20(26)24-23-19(25)10-14-6-3-5-13-4-1-2-7-16(13)14/h1-9,11H,10,12H2,(H,23,25)(H,24,26). The molecule has 27 heavy (non-hydrogen) atoms. The zero-order valence-electron chi connectivity index (χ0n) is 14.2. The molecule has 0 saturated heterocycles. The van der Waals surface area contributed by atoms with Gasteiger partial charge in [-0.1, -0.05) is 54.1 Å². The van der Waals surface area contributed by atoms with Crippen LogP contribution in [0.4, 0.5) is 0 Å². The third-order valence-corrected chi connectivity index (χ3v) is 4.68. The average molecular weight is 448 g/mol. The lowest BCUT2D eigenvalue weighted by Crippen LogP contribution is -2.44. The molecule has 3 aromatic rings. The third kappa shape index (κ3) is 5.21. The Bertz CT molecular complexity index is 989. The van der Waals surface area contributed by atoms with Crippen molar-refractivity contribution in [2.75, 3.05) is 6.61 Å². The van der Waals surface area contributed by atoms with Crippen molar-refractivity contribution in [1.82, 2.24) is 10.9 Å². The summed E-state index contributed by atoms with van der Waals surface area (Å²) in [4.78, 5) is 24.0. The van der Waals surface area contributed by atoms with E-state index in [4.69, 9.17) is 16.3 Å². The molecule has 0 spiro atoms. The fraction of sp³-hybridized carbons (Fsp3) is 0.100. The van der Waals surface area contributed by atoms with Crippen LogP contribution in [0.3, 0.4) is 0 Å². The molecule has 2 N–H and O–H groups in total. The number of carbonyl (C=O) groups is 2. The quantitative estimate of drug-likeness (QED) is 0.581. The van der Waals surface area contributed by atoms with Gasteiger partial charge in [0.2, 0.25) is 5.91 Å². The molecule has 5 nitrogen and oxygen atoms in total. The first-order valence-corrected chi connectivity index (χ1v) is 9.32. The lowest BCUT2D eigenvalue weighted by Gasteiger charge is -2.11. The van der Waals surface area contributed by atoms with Crippen LogP contribution in [-0.2, 0) is 16.0 Å². The van der Waals surface area contributed by atoms with Crippen molar-refractivity contribution in [3.8, 4) is 5.75 Å². The van der Waals surface area contributed by atoms with E-state index < -0.39 is 5.91 Å². The number of fused-ring (bicyclic) bond motifs is 1. The van der Waals surface area contributed by atoms with Gasteiger partial charge in [0.05, 0.1) is 10.9 Å². The summed E-state index contributed by atoms with van der Waals surface area (Å²) in [7, 11) is 0. The highest BCUT2D eigenvalue weighted by Crippen LogP contribution is 2.27. The first-order chi connectivity index (χ1) is 13.0. The van der Waals surface area contributed by atoms with E-state index in [-0.39, 0.29) is 18.9 Å². The molecular formula is C20H16BrClN2O3. The topological polar surface area (TPSA) is 67.4 Å². The summed E-state index contributed by atoms with van der Waals surface area (Å²) in [6.07, 6.45) is 0.158. The lowest BCUT2D eigenvalue weighted by molar-refractivity contribution is -0.129. The number of amides is 2. The smallest absolute Gasteiger partial charge is 0.276 e. The number of halogens is 2. The molecule has 0 saturated carbocycles. The van der Waals surface area contributed by atoms with Crippen LogP contribution >= 0.6 is 27.5 Å². The van der Waals surface area contributed by atoms with E-state index in [2.05, 4.69) is 26.8 Å². The summed E-state index contributed by atoms with van der Waals surface area (Å²) in [6, 6.07) is 18.6. The molecule has 0 bridgehead atoms. The van der Waals surface area contributed by atoms with Gasteiger partial charge in [-0.05, 0) is 50.5 Å². The Morgan fingerprint density at radius 2 is 1.70 bits per heavy atom. The van der Waals surface area contributed by atoms with Crippen LogP contribution in [0.5, 0.6) is 5.75 Å². The van der Waals surface area contributed by atoms with E-state index in [1.807, 2.05) is 42.5 Å². The highest BCUT2D eigenvalue weighted by atomic mass is 79.9. The molecule has 0 aliphatic carbocycles. The SMILES string of the molecule is O=C(COc1ccc(Cl)cc1Br)NNC(=O)Cc1cccc2ccccc12. The highest BCUT2D eigenvalue weighted by Gasteiger charge is 2.10. The molecule has 138 valence electrons. The van der Waals surface area contributed by atoms with E-state index in [0.29, 0.717) is 15.2 Å². The maximum atomic E-state index is 12.1. The molecule has 0 heterocycles. The van der Waals surface area contributed by atoms with Crippen LogP contribution in [0.25, 0.3) is 10.8 Å². The van der Waals surface area contributed by atoms with Gasteiger partial charge in [0, 0.05) is 5.02 Å². The molecule has 3 rings (SSSR count). The van der Waals surface area contributed by atoms with Crippen LogP contribution < -0.4 is 15.6 Å². The van der Waals surface area contributed by atoms with Gasteiger partial charge < -0.3 is 4.74 Å². The van der Waals surface area contributed by atoms with Crippen molar-refractivity contribution in [3.05, 3.63) is 75.7 Å². The molecule has 0 radical (unpaired) electrons. The molecule has 0 unspecified atom stereocenters. The van der Waals surface area contributed by atoms with Gasteiger partial charge in [-0.3, -0.25) is 20.4 Å². The summed E-state index contributed by atoms with van der Waals surface area (Å²) in [5, 5.41) is 2.63. The Labute approximate surface area is 169 Å². The second kappa shape index (κ2) is 8.88. The highest BCUT2D eigenvalue weighted by molar-refractivity contribution is 9.10. The molecule has 0 aromatic heterocycles. The lowest BCUT2D eigenvalue weighted by atomic mass is 10.0. The van der Waals surface area contributed by atoms with Crippen molar-refractivity contribution in [2.45, 2.75) is 6.42 Å². The zero-order valence-corrected chi connectivity index (χ0v) is 16.5. The molecule has 2 amide bonds. The summed E-state index contributed by atoms with van der Waals surface area (Å²) in [5.41, 5.74) is 5.64. The maximum absolute atomic E-state index is 12.1. The molecule has 0 fully saturated rings. The molecule has 0 aliphatic heterocycles. The monoisotopic (exact) mass is 446 g/mol. The number of benzene rings is 3. The predicted octanol–water partition coefficient (Wildman–Crippen LogP) is 4.02. The Morgan fingerprint density at radius 1 is 0.963 bits per heavy atom. The largest absolute Gasteiger partial charge is 0.483 e. The van der Waals surface area contributed by atoms with E-state index >= 15 is 0 Å². The predicted molar refractivity (Wildman–Crippen MR) is 109 cm³/mol. The Kier molecular flexibility index (Phi) is 6.32. The second-order valence-corrected chi connectivity index (χ2v) is 7.07. The van der Waals surface area contributed by atoms with Gasteiger partial charge in [0.15, 0.2) is 6.61 Å². The number of rotatable bonds is 5. The minimum Gasteiger partial charge on any atom is -0.483 e. The Balaban J connectivity index is 1.50. The molecular weight excluding hydrogens is 432 g/mol. The van der Waals surface area contributed by atoms with E-state index in [1.54, 1.807) is 18.2 Å². The maximum Gasteiger partial charge on any atom is 0.276 e. The normalized spacial score (nSPS) is 10.4. The van der Waals surface area contributed by atoms with Gasteiger partial charge in [0.1, 0.15) is 5.75 Å². The van der Waals surface area contributed by atoms with Crippen molar-refractivity contribution in [1.29, 1.82) is 0 Å². The summed E-state index contributed by atoms with van der Waals surface area (Å²) >= 11 is 9.16. The van der Waals surface area contributed by atoms with Crippen molar-refractivity contribution >= 4 is 50.1 Å². The average Bonchev–Trinajstić information content (AvgIpc) is 2.66. The summed E-state index contributed by atoms with van der Waals surface area (Å²) in [5.74, 6) is -0.299. The number of carbonyl (C=O) groups excluding carboxylic acids is 2. The van der Waals surface area contributed by atoms with Crippen LogP contribution in [-0.4, -0.2) is 18.4 Å². The van der Waals surface area contributed by atoms with Gasteiger partial charge in [-0.15, -0.1) is 0 Å². The number of hydrazine groups is 1. The summed E-state index contributed by atoms with van der Waals surface area (Å²) in [6.45, 7) is -0.241. The molecule has 3 aromatic carbocycles. The molecule has 0 aliphatic rings. The number of ether oxygens (including phenoxy) is 1. The number of nitrogens with one attached hydrogen (secondary N) is 2. The van der Waals surface area contributed by atoms with Crippen LogP contribution in [0.2, 0.25) is 5.02 Å². The van der Waals surface area contributed by atoms with Gasteiger partial charge in [0.25, 0.3) is 5.91 Å². The minimum atomic E-state index is -0.469. The van der Waals surface area contributed by atoms with Gasteiger partial charge >= 0.3 is 0 Å². The second-order valence-electron chi connectivity index (χ2n) is 5.77. The first kappa shape index (κ1) is 19.2. The van der Waals surface area contributed by atoms with Crippen LogP contribution in [0.1, 0.15) is 5.56 Å². The van der Waals surface area contributed by atoms with Crippen LogP contribution in [0, 0.1) is 0 Å². The zero-order chi connectivity index (χ0) is 19.2. The molecule has 0 atom stereocenters. The molecule has 7 heteroatoms. The number of hydrogen-bond acceptors (Lipinski definition) is 3. The fourth-order valence-electron chi connectivity index (χ4n) is 2.57. The first-order valence-electron chi connectivity index (χ1n) is 8.15. The summed E-state index contributed by atoms with van der Waals surface area (Å²) < 4.78 is 6.03. The minimum absolute atomic E-state index is 0.158. The third-order valence-electron chi connectivity index (χ3n) is 3.82. The van der Waals surface area contributed by atoms with Crippen molar-refractivity contribution in [3.63, 3.8) is 0 Å². The van der Waals surface area contributed by atoms with Gasteiger partial charge in [-0.2, -0.15) is 0 Å². The Morgan fingerprint density at radius 3 is 2.52 bits per heavy atom. The Hall–Kier alpha value is -2.57. The van der Waals surface area contributed by atoms with Crippen molar-refractivity contribution in [2.24, 2.45) is 0 Å².